The first-order valence-corrected chi connectivity index (χ1v) is 6.40. The van der Waals surface area contributed by atoms with Gasteiger partial charge in [0.1, 0.15) is 11.6 Å². The minimum Gasteiger partial charge on any atom is -0.340 e. The molecule has 0 aliphatic carbocycles. The molecule has 116 valence electrons. The molecule has 0 aromatic rings. The molecule has 1 unspecified atom stereocenters. The molecule has 8 heteroatoms. The second-order valence-corrected chi connectivity index (χ2v) is 4.95. The Hall–Kier alpha value is -1.34. The normalized spacial score (nSPS) is 23.2. The minimum atomic E-state index is -4.34. The van der Waals surface area contributed by atoms with Crippen molar-refractivity contribution < 1.29 is 27.2 Å². The van der Waals surface area contributed by atoms with Crippen LogP contribution in [0.4, 0.5) is 17.6 Å². The van der Waals surface area contributed by atoms with Gasteiger partial charge in [0.25, 0.3) is 0 Å². The fraction of sp³-hybridized carbons (Fsp3) is 0.833. The predicted molar refractivity (Wildman–Crippen MR) is 63.6 cm³/mol. The number of piperazine rings is 1. The molecule has 1 rings (SSSR count). The summed E-state index contributed by atoms with van der Waals surface area (Å²) in [7, 11) is 0. The molecule has 1 aliphatic rings. The molecule has 0 bridgehead atoms. The molecule has 1 fully saturated rings. The monoisotopic (exact) mass is 298 g/mol. The van der Waals surface area contributed by atoms with Crippen molar-refractivity contribution in [2.24, 2.45) is 0 Å². The molecule has 1 aliphatic heterocycles. The summed E-state index contributed by atoms with van der Waals surface area (Å²) in [5, 5.41) is 2.51. The SMILES string of the molecule is CCC1(CC)NC(=O)C(C)N(CC(F)(F)C(F)F)C1=O. The van der Waals surface area contributed by atoms with Gasteiger partial charge in [-0.25, -0.2) is 8.78 Å². The van der Waals surface area contributed by atoms with E-state index in [9.17, 15) is 27.2 Å². The molecule has 1 heterocycles. The van der Waals surface area contributed by atoms with Crippen LogP contribution in [-0.2, 0) is 9.59 Å². The van der Waals surface area contributed by atoms with E-state index in [0.717, 1.165) is 0 Å². The second-order valence-electron chi connectivity index (χ2n) is 4.95. The number of hydrogen-bond acceptors (Lipinski definition) is 2. The molecule has 0 saturated carbocycles. The van der Waals surface area contributed by atoms with E-state index < -0.39 is 42.3 Å². The van der Waals surface area contributed by atoms with Crippen LogP contribution in [0, 0.1) is 0 Å². The van der Waals surface area contributed by atoms with Gasteiger partial charge in [0.15, 0.2) is 0 Å². The van der Waals surface area contributed by atoms with Gasteiger partial charge in [0.05, 0.1) is 6.54 Å². The van der Waals surface area contributed by atoms with Gasteiger partial charge in [-0.2, -0.15) is 8.78 Å². The predicted octanol–water partition coefficient (Wildman–Crippen LogP) is 1.79. The van der Waals surface area contributed by atoms with Crippen LogP contribution in [0.25, 0.3) is 0 Å². The number of carbonyl (C=O) groups excluding carboxylic acids is 2. The van der Waals surface area contributed by atoms with Gasteiger partial charge in [-0.1, -0.05) is 13.8 Å². The van der Waals surface area contributed by atoms with Crippen molar-refractivity contribution in [2.75, 3.05) is 6.54 Å². The van der Waals surface area contributed by atoms with Gasteiger partial charge in [-0.05, 0) is 19.8 Å². The Labute approximate surface area is 114 Å². The highest BCUT2D eigenvalue weighted by molar-refractivity contribution is 5.99. The number of carbonyl (C=O) groups is 2. The zero-order valence-corrected chi connectivity index (χ0v) is 11.6. The zero-order valence-electron chi connectivity index (χ0n) is 11.6. The van der Waals surface area contributed by atoms with Crippen LogP contribution < -0.4 is 5.32 Å². The summed E-state index contributed by atoms with van der Waals surface area (Å²) < 4.78 is 51.0. The summed E-state index contributed by atoms with van der Waals surface area (Å²) in [4.78, 5) is 24.7. The molecule has 2 amide bonds. The van der Waals surface area contributed by atoms with Crippen molar-refractivity contribution in [1.29, 1.82) is 0 Å². The molecular formula is C12H18F4N2O2. The summed E-state index contributed by atoms with van der Waals surface area (Å²) in [6.07, 6.45) is -3.47. The van der Waals surface area contributed by atoms with Crippen molar-refractivity contribution in [1.82, 2.24) is 10.2 Å². The topological polar surface area (TPSA) is 49.4 Å². The maximum Gasteiger partial charge on any atom is 0.324 e. The maximum absolute atomic E-state index is 13.2. The van der Waals surface area contributed by atoms with Crippen LogP contribution in [0.3, 0.4) is 0 Å². The van der Waals surface area contributed by atoms with Crippen LogP contribution in [0.1, 0.15) is 33.6 Å². The third-order valence-electron chi connectivity index (χ3n) is 3.79. The first-order chi connectivity index (χ1) is 9.11. The van der Waals surface area contributed by atoms with Crippen LogP contribution in [-0.4, -0.2) is 47.2 Å². The Morgan fingerprint density at radius 3 is 2.20 bits per heavy atom. The highest BCUT2D eigenvalue weighted by atomic mass is 19.3. The molecular weight excluding hydrogens is 280 g/mol. The molecule has 0 spiro atoms. The summed E-state index contributed by atoms with van der Waals surface area (Å²) in [5.41, 5.74) is -1.29. The highest BCUT2D eigenvalue weighted by Gasteiger charge is 2.52. The molecule has 1 N–H and O–H groups in total. The van der Waals surface area contributed by atoms with Crippen LogP contribution >= 0.6 is 0 Å². The lowest BCUT2D eigenvalue weighted by Gasteiger charge is -2.45. The van der Waals surface area contributed by atoms with E-state index in [1.807, 2.05) is 0 Å². The van der Waals surface area contributed by atoms with Crippen LogP contribution in [0.15, 0.2) is 0 Å². The molecule has 0 aromatic carbocycles. The number of alkyl halides is 4. The van der Waals surface area contributed by atoms with E-state index in [-0.39, 0.29) is 12.8 Å². The van der Waals surface area contributed by atoms with Gasteiger partial charge in [-0.3, -0.25) is 9.59 Å². The van der Waals surface area contributed by atoms with Gasteiger partial charge in [-0.15, -0.1) is 0 Å². The highest BCUT2D eigenvalue weighted by Crippen LogP contribution is 2.30. The summed E-state index contributed by atoms with van der Waals surface area (Å²) >= 11 is 0. The van der Waals surface area contributed by atoms with E-state index in [4.69, 9.17) is 0 Å². The number of amides is 2. The fourth-order valence-corrected chi connectivity index (χ4v) is 2.22. The first-order valence-electron chi connectivity index (χ1n) is 6.40. The summed E-state index contributed by atoms with van der Waals surface area (Å²) in [6.45, 7) is 3.03. The average molecular weight is 298 g/mol. The third-order valence-corrected chi connectivity index (χ3v) is 3.79. The smallest absolute Gasteiger partial charge is 0.324 e. The lowest BCUT2D eigenvalue weighted by atomic mass is 9.87. The molecule has 1 atom stereocenters. The van der Waals surface area contributed by atoms with E-state index >= 15 is 0 Å². The first kappa shape index (κ1) is 16.7. The number of rotatable bonds is 5. The summed E-state index contributed by atoms with van der Waals surface area (Å²) in [6, 6.07) is -1.20. The molecule has 4 nitrogen and oxygen atoms in total. The number of halogens is 4. The second kappa shape index (κ2) is 5.57. The Bertz CT molecular complexity index is 397. The third kappa shape index (κ3) is 2.73. The van der Waals surface area contributed by atoms with Crippen molar-refractivity contribution in [3.05, 3.63) is 0 Å². The van der Waals surface area contributed by atoms with E-state index in [0.29, 0.717) is 4.90 Å². The maximum atomic E-state index is 13.2. The quantitative estimate of drug-likeness (QED) is 0.787. The summed E-state index contributed by atoms with van der Waals surface area (Å²) in [5.74, 6) is -5.69. The molecule has 20 heavy (non-hydrogen) atoms. The van der Waals surface area contributed by atoms with Crippen LogP contribution in [0.2, 0.25) is 0 Å². The lowest BCUT2D eigenvalue weighted by Crippen LogP contribution is -2.70. The fourth-order valence-electron chi connectivity index (χ4n) is 2.22. The van der Waals surface area contributed by atoms with Crippen molar-refractivity contribution in [3.63, 3.8) is 0 Å². The molecule has 0 radical (unpaired) electrons. The van der Waals surface area contributed by atoms with Gasteiger partial charge < -0.3 is 10.2 Å². The van der Waals surface area contributed by atoms with Crippen molar-refractivity contribution in [3.8, 4) is 0 Å². The molecule has 0 aromatic heterocycles. The Morgan fingerprint density at radius 2 is 1.80 bits per heavy atom. The minimum absolute atomic E-state index is 0.206. The molecule has 1 saturated heterocycles. The van der Waals surface area contributed by atoms with Gasteiger partial charge >= 0.3 is 12.3 Å². The van der Waals surface area contributed by atoms with Crippen molar-refractivity contribution in [2.45, 2.75) is 57.5 Å². The van der Waals surface area contributed by atoms with Gasteiger partial charge in [0, 0.05) is 0 Å². The van der Waals surface area contributed by atoms with E-state index in [1.54, 1.807) is 13.8 Å². The van der Waals surface area contributed by atoms with Crippen molar-refractivity contribution >= 4 is 11.8 Å². The largest absolute Gasteiger partial charge is 0.340 e. The van der Waals surface area contributed by atoms with Crippen LogP contribution in [0.5, 0.6) is 0 Å². The average Bonchev–Trinajstić information content (AvgIpc) is 2.39. The number of nitrogens with zero attached hydrogens (tertiary/aromatic N) is 1. The van der Waals surface area contributed by atoms with E-state index in [2.05, 4.69) is 5.32 Å². The van der Waals surface area contributed by atoms with E-state index in [1.165, 1.54) is 6.92 Å². The number of hydrogen-bond donors (Lipinski definition) is 1. The standard InChI is InChI=1S/C12H18F4N2O2/c1-4-11(5-2)10(20)18(7(3)8(19)17-11)6-12(15,16)9(13)14/h7,9H,4-6H2,1-3H3,(H,17,19). The Morgan fingerprint density at radius 1 is 1.30 bits per heavy atom. The number of nitrogens with one attached hydrogen (secondary N) is 1. The Balaban J connectivity index is 3.09. The lowest BCUT2D eigenvalue weighted by molar-refractivity contribution is -0.173. The van der Waals surface area contributed by atoms with Gasteiger partial charge in [0.2, 0.25) is 11.8 Å². The Kier molecular flexibility index (Phi) is 4.66. The zero-order chi connectivity index (χ0) is 15.7.